The molecule has 1 fully saturated rings. The van der Waals surface area contributed by atoms with Crippen molar-refractivity contribution < 1.29 is 4.79 Å². The Balaban J connectivity index is 1.86. The van der Waals surface area contributed by atoms with Crippen LogP contribution in [-0.2, 0) is 11.8 Å². The van der Waals surface area contributed by atoms with E-state index in [0.717, 1.165) is 38.3 Å². The van der Waals surface area contributed by atoms with Gasteiger partial charge in [0.15, 0.2) is 0 Å². The molecule has 1 aliphatic rings. The van der Waals surface area contributed by atoms with Crippen molar-refractivity contribution in [2.45, 2.75) is 26.3 Å². The van der Waals surface area contributed by atoms with Gasteiger partial charge in [0.1, 0.15) is 0 Å². The van der Waals surface area contributed by atoms with Crippen LogP contribution >= 0.6 is 0 Å². The summed E-state index contributed by atoms with van der Waals surface area (Å²) in [6.07, 6.45) is 4.62. The number of piperazine rings is 1. The van der Waals surface area contributed by atoms with Crippen LogP contribution < -0.4 is 10.6 Å². The number of amides is 1. The molecule has 0 radical (unpaired) electrons. The summed E-state index contributed by atoms with van der Waals surface area (Å²) in [6, 6.07) is -0.361. The SMILES string of the molecule is CC(C)C[C@H](N)C(=O)N1CCN(c2cnn(C)c2)CC1. The van der Waals surface area contributed by atoms with Crippen molar-refractivity contribution >= 4 is 11.6 Å². The monoisotopic (exact) mass is 279 g/mol. The summed E-state index contributed by atoms with van der Waals surface area (Å²) in [5, 5.41) is 4.18. The van der Waals surface area contributed by atoms with Gasteiger partial charge in [-0.25, -0.2) is 0 Å². The molecule has 6 nitrogen and oxygen atoms in total. The molecule has 0 aromatic carbocycles. The second kappa shape index (κ2) is 6.26. The summed E-state index contributed by atoms with van der Waals surface area (Å²) in [6.45, 7) is 7.33. The first kappa shape index (κ1) is 14.8. The van der Waals surface area contributed by atoms with E-state index in [9.17, 15) is 4.79 Å². The van der Waals surface area contributed by atoms with Crippen molar-refractivity contribution in [3.8, 4) is 0 Å². The molecule has 0 aliphatic carbocycles. The predicted molar refractivity (Wildman–Crippen MR) is 79.4 cm³/mol. The van der Waals surface area contributed by atoms with Gasteiger partial charge >= 0.3 is 0 Å². The highest BCUT2D eigenvalue weighted by Crippen LogP contribution is 2.15. The van der Waals surface area contributed by atoms with Crippen LogP contribution in [0, 0.1) is 5.92 Å². The third kappa shape index (κ3) is 3.50. The summed E-state index contributed by atoms with van der Waals surface area (Å²) in [5.41, 5.74) is 7.10. The number of carbonyl (C=O) groups is 1. The molecule has 1 amide bonds. The maximum Gasteiger partial charge on any atom is 0.239 e. The lowest BCUT2D eigenvalue weighted by Crippen LogP contribution is -2.53. The maximum atomic E-state index is 12.2. The Morgan fingerprint density at radius 2 is 2.00 bits per heavy atom. The standard InChI is InChI=1S/C14H25N5O/c1-11(2)8-13(15)14(20)19-6-4-18(5-7-19)12-9-16-17(3)10-12/h9-11,13H,4-8,15H2,1-3H3/t13-/m0/s1. The highest BCUT2D eigenvalue weighted by Gasteiger charge is 2.26. The third-order valence-electron chi connectivity index (χ3n) is 3.69. The van der Waals surface area contributed by atoms with E-state index in [1.807, 2.05) is 24.3 Å². The Kier molecular flexibility index (Phi) is 4.65. The van der Waals surface area contributed by atoms with Crippen molar-refractivity contribution in [1.82, 2.24) is 14.7 Å². The minimum atomic E-state index is -0.361. The number of hydrogen-bond donors (Lipinski definition) is 1. The van der Waals surface area contributed by atoms with Crippen LogP contribution in [0.15, 0.2) is 12.4 Å². The molecule has 112 valence electrons. The Hall–Kier alpha value is -1.56. The van der Waals surface area contributed by atoms with Gasteiger partial charge in [0.25, 0.3) is 0 Å². The van der Waals surface area contributed by atoms with E-state index in [1.54, 1.807) is 4.68 Å². The first-order chi connectivity index (χ1) is 9.47. The lowest BCUT2D eigenvalue weighted by molar-refractivity contribution is -0.133. The highest BCUT2D eigenvalue weighted by atomic mass is 16.2. The van der Waals surface area contributed by atoms with Gasteiger partial charge in [-0.1, -0.05) is 13.8 Å². The summed E-state index contributed by atoms with van der Waals surface area (Å²) < 4.78 is 1.80. The average Bonchev–Trinajstić information content (AvgIpc) is 2.84. The van der Waals surface area contributed by atoms with E-state index in [0.29, 0.717) is 5.92 Å². The lowest BCUT2D eigenvalue weighted by atomic mass is 10.0. The number of nitrogens with two attached hydrogens (primary N) is 1. The molecule has 1 atom stereocenters. The second-order valence-electron chi connectivity index (χ2n) is 5.92. The van der Waals surface area contributed by atoms with Crippen LogP contribution in [0.5, 0.6) is 0 Å². The number of aryl methyl sites for hydroxylation is 1. The van der Waals surface area contributed by atoms with Gasteiger partial charge in [0, 0.05) is 39.4 Å². The smallest absolute Gasteiger partial charge is 0.239 e. The number of rotatable bonds is 4. The predicted octanol–water partition coefficient (Wildman–Crippen LogP) is 0.442. The van der Waals surface area contributed by atoms with Gasteiger partial charge in [0.05, 0.1) is 17.9 Å². The molecule has 20 heavy (non-hydrogen) atoms. The summed E-state index contributed by atoms with van der Waals surface area (Å²) in [5.74, 6) is 0.537. The summed E-state index contributed by atoms with van der Waals surface area (Å²) in [7, 11) is 1.91. The molecular weight excluding hydrogens is 254 g/mol. The number of anilines is 1. The van der Waals surface area contributed by atoms with Crippen molar-refractivity contribution in [3.05, 3.63) is 12.4 Å². The van der Waals surface area contributed by atoms with Crippen molar-refractivity contribution in [1.29, 1.82) is 0 Å². The van der Waals surface area contributed by atoms with E-state index in [2.05, 4.69) is 23.8 Å². The van der Waals surface area contributed by atoms with Gasteiger partial charge in [-0.15, -0.1) is 0 Å². The topological polar surface area (TPSA) is 67.4 Å². The molecule has 1 aromatic rings. The molecule has 0 unspecified atom stereocenters. The van der Waals surface area contributed by atoms with Crippen LogP contribution in [0.1, 0.15) is 20.3 Å². The summed E-state index contributed by atoms with van der Waals surface area (Å²) >= 11 is 0. The number of aromatic nitrogens is 2. The molecular formula is C14H25N5O. The van der Waals surface area contributed by atoms with Gasteiger partial charge in [-0.3, -0.25) is 9.48 Å². The normalized spacial score (nSPS) is 17.6. The van der Waals surface area contributed by atoms with Crippen LogP contribution in [0.4, 0.5) is 5.69 Å². The van der Waals surface area contributed by atoms with Crippen LogP contribution in [-0.4, -0.2) is 52.8 Å². The van der Waals surface area contributed by atoms with Gasteiger partial charge in [-0.05, 0) is 12.3 Å². The van der Waals surface area contributed by atoms with Crippen LogP contribution in [0.25, 0.3) is 0 Å². The molecule has 1 saturated heterocycles. The average molecular weight is 279 g/mol. The van der Waals surface area contributed by atoms with E-state index in [1.165, 1.54) is 0 Å². The fraction of sp³-hybridized carbons (Fsp3) is 0.714. The zero-order chi connectivity index (χ0) is 14.7. The van der Waals surface area contributed by atoms with E-state index in [4.69, 9.17) is 5.73 Å². The maximum absolute atomic E-state index is 12.2. The molecule has 0 bridgehead atoms. The van der Waals surface area contributed by atoms with Gasteiger partial charge in [0.2, 0.25) is 5.91 Å². The molecule has 1 aliphatic heterocycles. The number of carbonyl (C=O) groups excluding carboxylic acids is 1. The fourth-order valence-corrected chi connectivity index (χ4v) is 2.60. The van der Waals surface area contributed by atoms with Crippen molar-refractivity contribution in [3.63, 3.8) is 0 Å². The first-order valence-corrected chi connectivity index (χ1v) is 7.25. The van der Waals surface area contributed by atoms with Crippen molar-refractivity contribution in [2.75, 3.05) is 31.1 Å². The summed E-state index contributed by atoms with van der Waals surface area (Å²) in [4.78, 5) is 16.4. The zero-order valence-corrected chi connectivity index (χ0v) is 12.6. The molecule has 0 saturated carbocycles. The highest BCUT2D eigenvalue weighted by molar-refractivity contribution is 5.81. The lowest BCUT2D eigenvalue weighted by Gasteiger charge is -2.36. The number of hydrogen-bond acceptors (Lipinski definition) is 4. The van der Waals surface area contributed by atoms with E-state index in [-0.39, 0.29) is 11.9 Å². The van der Waals surface area contributed by atoms with Crippen molar-refractivity contribution in [2.24, 2.45) is 18.7 Å². The zero-order valence-electron chi connectivity index (χ0n) is 12.6. The van der Waals surface area contributed by atoms with Crippen LogP contribution in [0.2, 0.25) is 0 Å². The largest absolute Gasteiger partial charge is 0.365 e. The Bertz CT molecular complexity index is 448. The Morgan fingerprint density at radius 1 is 1.35 bits per heavy atom. The molecule has 6 heteroatoms. The van der Waals surface area contributed by atoms with E-state index >= 15 is 0 Å². The minimum absolute atomic E-state index is 0.0875. The molecule has 2 rings (SSSR count). The Morgan fingerprint density at radius 3 is 2.50 bits per heavy atom. The molecule has 0 spiro atoms. The molecule has 2 N–H and O–H groups in total. The number of nitrogens with zero attached hydrogens (tertiary/aromatic N) is 4. The molecule has 1 aromatic heterocycles. The Labute approximate surface area is 120 Å². The quantitative estimate of drug-likeness (QED) is 0.868. The third-order valence-corrected chi connectivity index (χ3v) is 3.69. The fourth-order valence-electron chi connectivity index (χ4n) is 2.60. The second-order valence-corrected chi connectivity index (χ2v) is 5.92. The van der Waals surface area contributed by atoms with E-state index < -0.39 is 0 Å². The van der Waals surface area contributed by atoms with Crippen LogP contribution in [0.3, 0.4) is 0 Å². The van der Waals surface area contributed by atoms with Gasteiger partial charge in [-0.2, -0.15) is 5.10 Å². The first-order valence-electron chi connectivity index (χ1n) is 7.25. The van der Waals surface area contributed by atoms with Gasteiger partial charge < -0.3 is 15.5 Å². The molecule has 2 heterocycles. The minimum Gasteiger partial charge on any atom is -0.365 e.